The van der Waals surface area contributed by atoms with Gasteiger partial charge in [-0.1, -0.05) is 0 Å². The molecule has 0 saturated carbocycles. The van der Waals surface area contributed by atoms with Crippen molar-refractivity contribution < 1.29 is 223 Å². The number of carboxylic acid groups (broad SMARTS) is 4. The summed E-state index contributed by atoms with van der Waals surface area (Å²) in [7, 11) is 0. The van der Waals surface area contributed by atoms with Crippen LogP contribution in [0.5, 0.6) is 0 Å². The Labute approximate surface area is 289 Å². The maximum absolute atomic E-state index is 11.4. The predicted molar refractivity (Wildman–Crippen MR) is 73.3 cm³/mol. The molecule has 28 heavy (non-hydrogen) atoms. The van der Waals surface area contributed by atoms with E-state index in [9.17, 15) is 39.0 Å². The number of esters is 2. The van der Waals surface area contributed by atoms with Gasteiger partial charge in [0.1, 0.15) is 0 Å². The summed E-state index contributed by atoms with van der Waals surface area (Å²) in [6.45, 7) is 0. The second kappa shape index (κ2) is 16.5. The summed E-state index contributed by atoms with van der Waals surface area (Å²) in [5.74, 6) is -11.2. The van der Waals surface area contributed by atoms with Gasteiger partial charge < -0.3 is 39.7 Å². The molecule has 0 aromatic carbocycles. The van der Waals surface area contributed by atoms with E-state index in [1.165, 1.54) is 0 Å². The number of hydrogen-bond donors (Lipinski definition) is 6. The Bertz CT molecular complexity index is 584. The van der Waals surface area contributed by atoms with Gasteiger partial charge in [0.2, 0.25) is 0 Å². The fraction of sp³-hybridized carbons (Fsp3) is 0.500. The first-order valence-electron chi connectivity index (χ1n) is 6.30. The maximum atomic E-state index is 11.4. The number of rotatable bonds is 10. The van der Waals surface area contributed by atoms with Crippen molar-refractivity contribution in [2.45, 2.75) is 36.9 Å². The minimum atomic E-state index is -3.09. The largest absolute Gasteiger partial charge is 1.00 e. The Morgan fingerprint density at radius 2 is 0.857 bits per heavy atom. The second-order valence-electron chi connectivity index (χ2n) is 5.01. The number of aliphatic hydroxyl groups is 2. The van der Waals surface area contributed by atoms with E-state index < -0.39 is 72.7 Å². The monoisotopic (exact) mass is 486 g/mol. The summed E-state index contributed by atoms with van der Waals surface area (Å²) in [5.41, 5.74) is -6.18. The Balaban J connectivity index is -0.000000192. The third kappa shape index (κ3) is 14.0. The van der Waals surface area contributed by atoms with E-state index in [1.807, 2.05) is 0 Å². The van der Waals surface area contributed by atoms with Gasteiger partial charge in [-0.2, -0.15) is 0 Å². The Kier molecular flexibility index (Phi) is 21.9. The van der Waals surface area contributed by atoms with Crippen LogP contribution in [0.3, 0.4) is 0 Å². The summed E-state index contributed by atoms with van der Waals surface area (Å²) in [4.78, 5) is 65.5. The zero-order valence-corrected chi connectivity index (χ0v) is 24.7. The summed E-state index contributed by atoms with van der Waals surface area (Å²) in [5, 5.41) is 53.6. The van der Waals surface area contributed by atoms with Gasteiger partial charge in [-0.25, -0.2) is 9.59 Å². The van der Waals surface area contributed by atoms with Gasteiger partial charge >= 0.3 is 190 Å². The van der Waals surface area contributed by atoms with Crippen LogP contribution >= 0.6 is 0 Å². The van der Waals surface area contributed by atoms with Crippen LogP contribution in [0.1, 0.15) is 30.0 Å². The summed E-state index contributed by atoms with van der Waals surface area (Å²) in [6, 6.07) is 0. The molecule has 16 heteroatoms. The van der Waals surface area contributed by atoms with Crippen LogP contribution in [0.15, 0.2) is 0 Å². The first-order valence-corrected chi connectivity index (χ1v) is 6.30. The van der Waals surface area contributed by atoms with Crippen molar-refractivity contribution >= 4 is 35.8 Å². The molecule has 0 rings (SSSR count). The van der Waals surface area contributed by atoms with Crippen LogP contribution in [0.25, 0.3) is 0 Å². The molecule has 0 amide bonds. The molecule has 0 saturated heterocycles. The summed E-state index contributed by atoms with van der Waals surface area (Å²) >= 11 is 0. The zero-order valence-electron chi connectivity index (χ0n) is 18.4. The number of carbonyl (C=O) groups excluding carboxylic acids is 2. The van der Waals surface area contributed by atoms with E-state index in [1.54, 1.807) is 0 Å². The van der Waals surface area contributed by atoms with Gasteiger partial charge in [-0.3, -0.25) is 19.2 Å². The third-order valence-corrected chi connectivity index (χ3v) is 2.78. The molecule has 2 atom stereocenters. The number of aliphatic carboxylic acids is 4. The molecule has 0 aromatic rings. The van der Waals surface area contributed by atoms with Gasteiger partial charge in [0.15, 0.2) is 11.2 Å². The van der Waals surface area contributed by atoms with Crippen LogP contribution in [-0.4, -0.2) is 77.7 Å². The van der Waals surface area contributed by atoms with Crippen molar-refractivity contribution in [1.82, 2.24) is 0 Å². The van der Waals surface area contributed by atoms with Gasteiger partial charge in [0, 0.05) is 0 Å². The van der Waals surface area contributed by atoms with Crippen molar-refractivity contribution in [3.05, 3.63) is 0 Å². The van der Waals surface area contributed by atoms with E-state index in [2.05, 4.69) is 4.74 Å². The van der Waals surface area contributed by atoms with E-state index in [0.29, 0.717) is 0 Å². The fourth-order valence-corrected chi connectivity index (χ4v) is 1.60. The molecule has 13 nitrogen and oxygen atoms in total. The average Bonchev–Trinajstić information content (AvgIpc) is 2.34. The summed E-state index contributed by atoms with van der Waals surface area (Å²) in [6.07, 6.45) is -5.73. The van der Waals surface area contributed by atoms with Crippen molar-refractivity contribution in [2.75, 3.05) is 0 Å². The van der Waals surface area contributed by atoms with Gasteiger partial charge in [0.05, 0.1) is 25.7 Å². The molecule has 0 aromatic heterocycles. The molecule has 0 aliphatic carbocycles. The number of carboxylic acids is 4. The van der Waals surface area contributed by atoms with E-state index >= 15 is 0 Å². The first-order chi connectivity index (χ1) is 11.2. The smallest absolute Gasteiger partial charge is 1.00 e. The Hall–Kier alpha value is 1.85. The standard InChI is InChI=1S/C12H14O13.3K.3H/c13-5(14)1-11(23,9(19)20)3-7(17)25-8(18)4-12(24,10(21)22)2-6(15)16;;;;;;/h23-24H,1-4H2,(H,13,14)(H,15,16)(H,19,20)(H,21,22);;;;;;/q;3*+1;3*-1. The zero-order chi connectivity index (χ0) is 20.0. The predicted octanol–water partition coefficient (Wildman–Crippen LogP) is -11.2. The molecule has 0 bridgehead atoms. The van der Waals surface area contributed by atoms with Crippen LogP contribution < -0.4 is 154 Å². The number of ether oxygens (including phenoxy) is 1. The Morgan fingerprint density at radius 3 is 1.04 bits per heavy atom. The normalized spacial score (nSPS) is 13.6. The Morgan fingerprint density at radius 1 is 0.607 bits per heavy atom. The topological polar surface area (TPSA) is 233 Å². The van der Waals surface area contributed by atoms with E-state index in [-0.39, 0.29) is 158 Å². The summed E-state index contributed by atoms with van der Waals surface area (Å²) < 4.78 is 3.99. The van der Waals surface area contributed by atoms with Gasteiger partial charge in [-0.05, 0) is 0 Å². The van der Waals surface area contributed by atoms with Gasteiger partial charge in [0.25, 0.3) is 0 Å². The number of carbonyl (C=O) groups is 6. The van der Waals surface area contributed by atoms with Crippen molar-refractivity contribution in [3.63, 3.8) is 0 Å². The molecule has 146 valence electrons. The van der Waals surface area contributed by atoms with Crippen molar-refractivity contribution in [1.29, 1.82) is 0 Å². The molecule has 2 unspecified atom stereocenters. The van der Waals surface area contributed by atoms with E-state index in [4.69, 9.17) is 20.4 Å². The molecule has 0 aliphatic heterocycles. The van der Waals surface area contributed by atoms with E-state index in [0.717, 1.165) is 0 Å². The maximum Gasteiger partial charge on any atom is 1.00 e. The van der Waals surface area contributed by atoms with Gasteiger partial charge in [-0.15, -0.1) is 0 Å². The molecule has 6 N–H and O–H groups in total. The molecular weight excluding hydrogens is 469 g/mol. The molecule has 0 radical (unpaired) electrons. The van der Waals surface area contributed by atoms with Crippen LogP contribution in [0.4, 0.5) is 0 Å². The quantitative estimate of drug-likeness (QED) is 0.0957. The number of hydrogen-bond acceptors (Lipinski definition) is 9. The van der Waals surface area contributed by atoms with Crippen molar-refractivity contribution in [3.8, 4) is 0 Å². The minimum absolute atomic E-state index is 0. The average molecular weight is 487 g/mol. The SMILES string of the molecule is O=C(O)CC(O)(CC(=O)OC(=O)CC(O)(CC(=O)O)C(=O)O)C(=O)O.[H-].[H-].[H-].[K+].[K+].[K+]. The molecular formula is C12H17K3O13. The first kappa shape index (κ1) is 37.2. The third-order valence-electron chi connectivity index (χ3n) is 2.78. The molecule has 0 heterocycles. The fourth-order valence-electron chi connectivity index (χ4n) is 1.60. The molecule has 0 spiro atoms. The molecule has 0 fully saturated rings. The second-order valence-corrected chi connectivity index (χ2v) is 5.01. The van der Waals surface area contributed by atoms with Crippen LogP contribution in [0.2, 0.25) is 0 Å². The van der Waals surface area contributed by atoms with Crippen molar-refractivity contribution in [2.24, 2.45) is 0 Å². The molecule has 0 aliphatic rings. The van der Waals surface area contributed by atoms with Crippen LogP contribution in [-0.2, 0) is 33.5 Å². The van der Waals surface area contributed by atoms with Crippen LogP contribution in [0, 0.1) is 0 Å². The minimum Gasteiger partial charge on any atom is -1.00 e.